The second-order valence-electron chi connectivity index (χ2n) is 9.38. The average molecular weight is 573 g/mol. The third-order valence-corrected chi connectivity index (χ3v) is 8.54. The van der Waals surface area contributed by atoms with E-state index in [1.807, 2.05) is 60.7 Å². The molecule has 1 unspecified atom stereocenters. The van der Waals surface area contributed by atoms with Crippen LogP contribution in [0.3, 0.4) is 0 Å². The summed E-state index contributed by atoms with van der Waals surface area (Å²) < 4.78 is 37.9. The fourth-order valence-electron chi connectivity index (χ4n) is 4.49. The first-order valence-electron chi connectivity index (χ1n) is 13.6. The number of benzene rings is 4. The smallest absolute Gasteiger partial charge is 0.457 e. The molecule has 0 radical (unpaired) electrons. The van der Waals surface area contributed by atoms with Crippen LogP contribution in [0.1, 0.15) is 28.6 Å². The minimum atomic E-state index is -3.99. The van der Waals surface area contributed by atoms with Crippen molar-refractivity contribution >= 4 is 24.9 Å². The van der Waals surface area contributed by atoms with Crippen LogP contribution in [0.4, 0.5) is 11.4 Å². The van der Waals surface area contributed by atoms with Crippen molar-refractivity contribution in [2.75, 3.05) is 43.1 Å². The number of hydrogen-bond donors (Lipinski definition) is 1. The van der Waals surface area contributed by atoms with Crippen LogP contribution in [0.2, 0.25) is 0 Å². The lowest BCUT2D eigenvalue weighted by molar-refractivity contribution is 0.0526. The van der Waals surface area contributed by atoms with Gasteiger partial charge in [0, 0.05) is 24.5 Å². The fraction of sp³-hybridized carbons (Fsp3) is 0.219. The number of morpholine rings is 1. The molecule has 1 aliphatic heterocycles. The molecule has 41 heavy (non-hydrogen) atoms. The Morgan fingerprint density at radius 1 is 0.829 bits per heavy atom. The summed E-state index contributed by atoms with van der Waals surface area (Å²) in [5.74, 6) is -0.461. The number of nitrogens with zero attached hydrogens (tertiary/aromatic N) is 1. The van der Waals surface area contributed by atoms with Gasteiger partial charge in [0.1, 0.15) is 11.5 Å². The van der Waals surface area contributed by atoms with Gasteiger partial charge in [-0.15, -0.1) is 0 Å². The van der Waals surface area contributed by atoms with Gasteiger partial charge in [-0.05, 0) is 73.2 Å². The van der Waals surface area contributed by atoms with Crippen LogP contribution in [0.15, 0.2) is 109 Å². The second kappa shape index (κ2) is 13.4. The first-order valence-corrected chi connectivity index (χ1v) is 15.2. The Morgan fingerprint density at radius 3 is 1.93 bits per heavy atom. The highest BCUT2D eigenvalue weighted by atomic mass is 31.2. The monoisotopic (exact) mass is 572 g/mol. The Labute approximate surface area is 240 Å². The molecule has 1 aliphatic rings. The summed E-state index contributed by atoms with van der Waals surface area (Å²) >= 11 is 0. The maximum atomic E-state index is 14.9. The fourth-order valence-corrected chi connectivity index (χ4v) is 6.41. The maximum Gasteiger partial charge on any atom is 0.457 e. The van der Waals surface area contributed by atoms with E-state index in [0.717, 1.165) is 18.8 Å². The lowest BCUT2D eigenvalue weighted by Gasteiger charge is -2.31. The SMILES string of the molecule is CCOC(=O)c1ccc(NC(c2ccc(N3CCOCC3)cc2)P(=O)(Oc2ccccc2)Oc2ccccc2)cc1. The summed E-state index contributed by atoms with van der Waals surface area (Å²) in [5.41, 5.74) is 2.82. The molecule has 1 fully saturated rings. The van der Waals surface area contributed by atoms with Crippen molar-refractivity contribution in [2.45, 2.75) is 12.7 Å². The quantitative estimate of drug-likeness (QED) is 0.150. The molecule has 0 bridgehead atoms. The maximum absolute atomic E-state index is 14.9. The zero-order valence-electron chi connectivity index (χ0n) is 22.8. The summed E-state index contributed by atoms with van der Waals surface area (Å²) in [5, 5.41) is 3.37. The molecule has 1 saturated heterocycles. The van der Waals surface area contributed by atoms with E-state index >= 15 is 0 Å². The van der Waals surface area contributed by atoms with Gasteiger partial charge in [0.25, 0.3) is 0 Å². The van der Waals surface area contributed by atoms with Crippen molar-refractivity contribution < 1.29 is 27.9 Å². The van der Waals surface area contributed by atoms with Crippen molar-refractivity contribution in [3.63, 3.8) is 0 Å². The van der Waals surface area contributed by atoms with Crippen molar-refractivity contribution in [1.29, 1.82) is 0 Å². The summed E-state index contributed by atoms with van der Waals surface area (Å²) in [6.45, 7) is 5.02. The van der Waals surface area contributed by atoms with Crippen LogP contribution in [-0.4, -0.2) is 38.9 Å². The van der Waals surface area contributed by atoms with Gasteiger partial charge in [0.05, 0.1) is 25.4 Å². The lowest BCUT2D eigenvalue weighted by Crippen LogP contribution is -2.36. The Hall–Kier alpha value is -4.26. The minimum Gasteiger partial charge on any atom is -0.462 e. The number of nitrogens with one attached hydrogen (secondary N) is 1. The van der Waals surface area contributed by atoms with E-state index in [1.54, 1.807) is 55.5 Å². The van der Waals surface area contributed by atoms with E-state index in [-0.39, 0.29) is 6.61 Å². The number of ether oxygens (including phenoxy) is 2. The molecule has 1 N–H and O–H groups in total. The summed E-state index contributed by atoms with van der Waals surface area (Å²) in [4.78, 5) is 14.4. The molecule has 1 atom stereocenters. The van der Waals surface area contributed by atoms with Crippen molar-refractivity contribution in [2.24, 2.45) is 0 Å². The van der Waals surface area contributed by atoms with Crippen molar-refractivity contribution in [3.05, 3.63) is 120 Å². The molecule has 0 saturated carbocycles. The third kappa shape index (κ3) is 7.28. The first-order chi connectivity index (χ1) is 20.0. The molecule has 4 aromatic carbocycles. The highest BCUT2D eigenvalue weighted by molar-refractivity contribution is 7.55. The van der Waals surface area contributed by atoms with Gasteiger partial charge in [-0.25, -0.2) is 9.36 Å². The standard InChI is InChI=1S/C32H33N2O6P/c1-2-38-32(35)26-13-17-27(18-14-26)33-31(25-15-19-28(20-16-25)34-21-23-37-24-22-34)41(36,39-29-9-5-3-6-10-29)40-30-11-7-4-8-12-30/h3-20,31,33H,2,21-24H2,1H3. The molecule has 9 heteroatoms. The van der Waals surface area contributed by atoms with E-state index < -0.39 is 19.3 Å². The topological polar surface area (TPSA) is 86.3 Å². The van der Waals surface area contributed by atoms with Gasteiger partial charge in [-0.1, -0.05) is 48.5 Å². The summed E-state index contributed by atoms with van der Waals surface area (Å²) in [6, 6.07) is 32.7. The van der Waals surface area contributed by atoms with Crippen LogP contribution in [0.25, 0.3) is 0 Å². The molecule has 4 aromatic rings. The lowest BCUT2D eigenvalue weighted by atomic mass is 10.1. The number of rotatable bonds is 11. The molecular weight excluding hydrogens is 539 g/mol. The Kier molecular flexibility index (Phi) is 9.24. The predicted molar refractivity (Wildman–Crippen MR) is 160 cm³/mol. The largest absolute Gasteiger partial charge is 0.462 e. The predicted octanol–water partition coefficient (Wildman–Crippen LogP) is 7.16. The molecule has 8 nitrogen and oxygen atoms in total. The van der Waals surface area contributed by atoms with Crippen LogP contribution in [0, 0.1) is 0 Å². The van der Waals surface area contributed by atoms with E-state index in [2.05, 4.69) is 10.2 Å². The number of carbonyl (C=O) groups excluding carboxylic acids is 1. The molecule has 212 valence electrons. The van der Waals surface area contributed by atoms with E-state index in [0.29, 0.717) is 41.5 Å². The number of hydrogen-bond acceptors (Lipinski definition) is 8. The Balaban J connectivity index is 1.52. The third-order valence-electron chi connectivity index (χ3n) is 6.55. The van der Waals surface area contributed by atoms with Gasteiger partial charge < -0.3 is 28.7 Å². The van der Waals surface area contributed by atoms with Crippen LogP contribution in [0.5, 0.6) is 11.5 Å². The van der Waals surface area contributed by atoms with Gasteiger partial charge in [-0.3, -0.25) is 0 Å². The highest BCUT2D eigenvalue weighted by Crippen LogP contribution is 2.60. The first kappa shape index (κ1) is 28.3. The van der Waals surface area contributed by atoms with Gasteiger partial charge >= 0.3 is 13.6 Å². The van der Waals surface area contributed by atoms with Crippen LogP contribution >= 0.6 is 7.60 Å². The number of esters is 1. The second-order valence-corrected chi connectivity index (χ2v) is 11.3. The van der Waals surface area contributed by atoms with E-state index in [9.17, 15) is 9.36 Å². The van der Waals surface area contributed by atoms with Crippen LogP contribution in [-0.2, 0) is 14.0 Å². The molecule has 0 amide bonds. The number of para-hydroxylation sites is 2. The number of carbonyl (C=O) groups is 1. The Morgan fingerprint density at radius 2 is 1.39 bits per heavy atom. The van der Waals surface area contributed by atoms with Crippen molar-refractivity contribution in [1.82, 2.24) is 0 Å². The average Bonchev–Trinajstić information content (AvgIpc) is 3.02. The molecule has 0 aliphatic carbocycles. The van der Waals surface area contributed by atoms with Gasteiger partial charge in [0.2, 0.25) is 0 Å². The van der Waals surface area contributed by atoms with Crippen LogP contribution < -0.4 is 19.3 Å². The molecule has 0 aromatic heterocycles. The van der Waals surface area contributed by atoms with E-state index in [4.69, 9.17) is 18.5 Å². The zero-order chi connectivity index (χ0) is 28.5. The molecule has 0 spiro atoms. The normalized spacial score (nSPS) is 14.1. The highest BCUT2D eigenvalue weighted by Gasteiger charge is 2.41. The number of anilines is 2. The van der Waals surface area contributed by atoms with E-state index in [1.165, 1.54) is 0 Å². The van der Waals surface area contributed by atoms with Crippen molar-refractivity contribution in [3.8, 4) is 11.5 Å². The molecule has 5 rings (SSSR count). The zero-order valence-corrected chi connectivity index (χ0v) is 23.7. The molecule has 1 heterocycles. The molecular formula is C32H33N2O6P. The van der Waals surface area contributed by atoms with Gasteiger partial charge in [0.15, 0.2) is 5.78 Å². The minimum absolute atomic E-state index is 0.290. The van der Waals surface area contributed by atoms with Gasteiger partial charge in [-0.2, -0.15) is 0 Å². The Bertz CT molecular complexity index is 1400. The summed E-state index contributed by atoms with van der Waals surface area (Å²) in [6.07, 6.45) is 0. The summed E-state index contributed by atoms with van der Waals surface area (Å²) in [7, 11) is -3.99.